The van der Waals surface area contributed by atoms with E-state index in [9.17, 15) is 8.42 Å². The third-order valence-electron chi connectivity index (χ3n) is 2.91. The van der Waals surface area contributed by atoms with Crippen molar-refractivity contribution in [1.82, 2.24) is 4.72 Å². The van der Waals surface area contributed by atoms with Crippen LogP contribution in [0.15, 0.2) is 29.2 Å². The lowest BCUT2D eigenvalue weighted by molar-refractivity contribution is 0.557. The van der Waals surface area contributed by atoms with E-state index in [1.165, 1.54) is 6.07 Å². The van der Waals surface area contributed by atoms with Gasteiger partial charge in [-0.15, -0.1) is 0 Å². The van der Waals surface area contributed by atoms with Gasteiger partial charge in [-0.1, -0.05) is 23.8 Å². The van der Waals surface area contributed by atoms with Gasteiger partial charge in [0.25, 0.3) is 0 Å². The molecule has 1 aromatic carbocycles. The van der Waals surface area contributed by atoms with Gasteiger partial charge in [0.05, 0.1) is 15.6 Å². The normalized spacial score (nSPS) is 16.3. The number of rotatable bonds is 3. The number of benzene rings is 1. The molecule has 0 heterocycles. The molecule has 0 amide bonds. The topological polar surface area (TPSA) is 72.2 Å². The minimum Gasteiger partial charge on any atom is -0.397 e. The second-order valence-electron chi connectivity index (χ2n) is 4.40. The molecule has 2 rings (SSSR count). The lowest BCUT2D eigenvalue weighted by Gasteiger charge is -2.15. The van der Waals surface area contributed by atoms with Crippen LogP contribution >= 0.6 is 11.6 Å². The first-order valence-corrected chi connectivity index (χ1v) is 7.49. The number of aryl methyl sites for hydroxylation is 1. The first-order chi connectivity index (χ1) is 8.40. The highest BCUT2D eigenvalue weighted by molar-refractivity contribution is 7.89. The average molecular weight is 287 g/mol. The number of nitrogen functional groups attached to an aromatic ring is 1. The molecule has 0 bridgehead atoms. The largest absolute Gasteiger partial charge is 0.397 e. The van der Waals surface area contributed by atoms with E-state index < -0.39 is 10.0 Å². The molecule has 0 aliphatic heterocycles. The summed E-state index contributed by atoms with van der Waals surface area (Å²) in [4.78, 5) is 0.191. The van der Waals surface area contributed by atoms with Gasteiger partial charge in [-0.3, -0.25) is 0 Å². The third-order valence-corrected chi connectivity index (χ3v) is 4.90. The van der Waals surface area contributed by atoms with Crippen LogP contribution in [0.2, 0.25) is 5.02 Å². The zero-order valence-electron chi connectivity index (χ0n) is 9.98. The molecular formula is C12H15ClN2O2S. The van der Waals surface area contributed by atoms with Gasteiger partial charge in [0.1, 0.15) is 0 Å². The molecule has 1 aromatic rings. The fourth-order valence-electron chi connectivity index (χ4n) is 1.95. The molecule has 0 unspecified atom stereocenters. The van der Waals surface area contributed by atoms with E-state index in [4.69, 9.17) is 17.3 Å². The van der Waals surface area contributed by atoms with Crippen LogP contribution in [0, 0.1) is 6.92 Å². The lowest BCUT2D eigenvalue weighted by atomic mass is 10.2. The first kappa shape index (κ1) is 13.4. The van der Waals surface area contributed by atoms with Crippen molar-refractivity contribution in [3.8, 4) is 0 Å². The van der Waals surface area contributed by atoms with Crippen LogP contribution in [-0.2, 0) is 10.0 Å². The van der Waals surface area contributed by atoms with Gasteiger partial charge in [-0.2, -0.15) is 0 Å². The first-order valence-electron chi connectivity index (χ1n) is 5.63. The zero-order chi connectivity index (χ0) is 13.3. The highest BCUT2D eigenvalue weighted by Crippen LogP contribution is 2.26. The summed E-state index contributed by atoms with van der Waals surface area (Å²) in [7, 11) is -3.54. The highest BCUT2D eigenvalue weighted by Gasteiger charge is 2.23. The van der Waals surface area contributed by atoms with E-state index >= 15 is 0 Å². The summed E-state index contributed by atoms with van der Waals surface area (Å²) in [5.74, 6) is 0. The van der Waals surface area contributed by atoms with Crippen molar-refractivity contribution in [2.45, 2.75) is 30.7 Å². The SMILES string of the molecule is Cc1cc(Cl)c(N)cc1S(=O)(=O)NC1CC=CC1. The van der Waals surface area contributed by atoms with Crippen molar-refractivity contribution < 1.29 is 8.42 Å². The maximum Gasteiger partial charge on any atom is 0.241 e. The monoisotopic (exact) mass is 286 g/mol. The smallest absolute Gasteiger partial charge is 0.241 e. The summed E-state index contributed by atoms with van der Waals surface area (Å²) in [6.07, 6.45) is 5.38. The Hall–Kier alpha value is -1.04. The standard InChI is InChI=1S/C12H15ClN2O2S/c1-8-6-10(13)11(14)7-12(8)18(16,17)15-9-4-2-3-5-9/h2-3,6-7,9,15H,4-5,14H2,1H3. The molecule has 4 nitrogen and oxygen atoms in total. The van der Waals surface area contributed by atoms with Gasteiger partial charge in [0, 0.05) is 6.04 Å². The summed E-state index contributed by atoms with van der Waals surface area (Å²) < 4.78 is 27.1. The van der Waals surface area contributed by atoms with E-state index in [2.05, 4.69) is 4.72 Å². The van der Waals surface area contributed by atoms with Crippen molar-refractivity contribution in [3.63, 3.8) is 0 Å². The number of nitrogens with one attached hydrogen (secondary N) is 1. The Morgan fingerprint density at radius 2 is 1.94 bits per heavy atom. The second-order valence-corrected chi connectivity index (χ2v) is 6.49. The van der Waals surface area contributed by atoms with Crippen LogP contribution in [0.5, 0.6) is 0 Å². The fourth-order valence-corrected chi connectivity index (χ4v) is 3.70. The van der Waals surface area contributed by atoms with Crippen molar-refractivity contribution in [3.05, 3.63) is 34.9 Å². The average Bonchev–Trinajstić information content (AvgIpc) is 2.75. The molecule has 18 heavy (non-hydrogen) atoms. The van der Waals surface area contributed by atoms with Crippen LogP contribution < -0.4 is 10.5 Å². The Balaban J connectivity index is 2.32. The second kappa shape index (κ2) is 4.91. The fraction of sp³-hybridized carbons (Fsp3) is 0.333. The van der Waals surface area contributed by atoms with Gasteiger partial charge >= 0.3 is 0 Å². The molecule has 0 saturated carbocycles. The van der Waals surface area contributed by atoms with Gasteiger partial charge in [0.2, 0.25) is 10.0 Å². The number of nitrogens with two attached hydrogens (primary N) is 1. The van der Waals surface area contributed by atoms with Crippen molar-refractivity contribution in [1.29, 1.82) is 0 Å². The van der Waals surface area contributed by atoms with E-state index in [0.717, 1.165) is 12.8 Å². The number of halogens is 1. The zero-order valence-corrected chi connectivity index (χ0v) is 11.6. The number of hydrogen-bond acceptors (Lipinski definition) is 3. The Morgan fingerprint density at radius 3 is 2.56 bits per heavy atom. The summed E-state index contributed by atoms with van der Waals surface area (Å²) >= 11 is 5.86. The Bertz CT molecular complexity index is 588. The molecule has 3 N–H and O–H groups in total. The van der Waals surface area contributed by atoms with Crippen LogP contribution in [0.1, 0.15) is 18.4 Å². The Labute approximate surface area is 112 Å². The highest BCUT2D eigenvalue weighted by atomic mass is 35.5. The lowest BCUT2D eigenvalue weighted by Crippen LogP contribution is -2.33. The van der Waals surface area contributed by atoms with Gasteiger partial charge in [-0.25, -0.2) is 13.1 Å². The summed E-state index contributed by atoms with van der Waals surface area (Å²) in [5.41, 5.74) is 6.52. The molecular weight excluding hydrogens is 272 g/mol. The van der Waals surface area contributed by atoms with Crippen molar-refractivity contribution >= 4 is 27.3 Å². The van der Waals surface area contributed by atoms with Crippen molar-refractivity contribution in [2.24, 2.45) is 0 Å². The Morgan fingerprint density at radius 1 is 1.33 bits per heavy atom. The minimum atomic E-state index is -3.54. The quantitative estimate of drug-likeness (QED) is 0.661. The predicted molar refractivity (Wildman–Crippen MR) is 73.1 cm³/mol. The molecule has 0 saturated heterocycles. The minimum absolute atomic E-state index is 0.0636. The molecule has 6 heteroatoms. The number of anilines is 1. The summed E-state index contributed by atoms with van der Waals surface area (Å²) in [5, 5.41) is 0.369. The molecule has 1 aliphatic carbocycles. The van der Waals surface area contributed by atoms with E-state index in [1.807, 2.05) is 12.2 Å². The summed E-state index contributed by atoms with van der Waals surface area (Å²) in [6.45, 7) is 1.70. The molecule has 0 fully saturated rings. The summed E-state index contributed by atoms with van der Waals surface area (Å²) in [6, 6.07) is 2.91. The molecule has 98 valence electrons. The van der Waals surface area contributed by atoms with Crippen LogP contribution in [-0.4, -0.2) is 14.5 Å². The molecule has 0 atom stereocenters. The van der Waals surface area contributed by atoms with Gasteiger partial charge in [0.15, 0.2) is 0 Å². The number of hydrogen-bond donors (Lipinski definition) is 2. The van der Waals surface area contributed by atoms with Crippen molar-refractivity contribution in [2.75, 3.05) is 5.73 Å². The van der Waals surface area contributed by atoms with Crippen LogP contribution in [0.4, 0.5) is 5.69 Å². The van der Waals surface area contributed by atoms with E-state index in [1.54, 1.807) is 13.0 Å². The maximum atomic E-state index is 12.2. The molecule has 0 aromatic heterocycles. The Kier molecular flexibility index (Phi) is 3.66. The predicted octanol–water partition coefficient (Wildman–Crippen LogP) is 2.23. The number of sulfonamides is 1. The van der Waals surface area contributed by atoms with E-state index in [-0.39, 0.29) is 16.6 Å². The van der Waals surface area contributed by atoms with Gasteiger partial charge in [-0.05, 0) is 37.5 Å². The molecule has 0 spiro atoms. The van der Waals surface area contributed by atoms with Gasteiger partial charge < -0.3 is 5.73 Å². The van der Waals surface area contributed by atoms with E-state index in [0.29, 0.717) is 10.6 Å². The maximum absolute atomic E-state index is 12.2. The van der Waals surface area contributed by atoms with Crippen LogP contribution in [0.25, 0.3) is 0 Å². The molecule has 1 aliphatic rings. The third kappa shape index (κ3) is 2.68. The molecule has 0 radical (unpaired) electrons. The van der Waals surface area contributed by atoms with Crippen LogP contribution in [0.3, 0.4) is 0 Å².